The maximum atomic E-state index is 11.2. The lowest BCUT2D eigenvalue weighted by atomic mass is 10.0. The van der Waals surface area contributed by atoms with E-state index >= 15 is 0 Å². The van der Waals surface area contributed by atoms with Crippen molar-refractivity contribution in [3.63, 3.8) is 0 Å². The van der Waals surface area contributed by atoms with Crippen molar-refractivity contribution in [1.82, 2.24) is 0 Å². The topological polar surface area (TPSA) is 70.8 Å². The number of rotatable bonds is 5. The number of methoxy groups -OCH3 is 3. The van der Waals surface area contributed by atoms with Gasteiger partial charge in [0.15, 0.2) is 0 Å². The van der Waals surface area contributed by atoms with Crippen LogP contribution in [0.25, 0.3) is 0 Å². The molecule has 1 atom stereocenters. The Kier molecular flexibility index (Phi) is 4.78. The molecule has 1 rings (SSSR count). The van der Waals surface area contributed by atoms with Crippen molar-refractivity contribution in [2.75, 3.05) is 21.3 Å². The van der Waals surface area contributed by atoms with Gasteiger partial charge in [0.05, 0.1) is 33.3 Å². The van der Waals surface area contributed by atoms with Gasteiger partial charge in [-0.1, -0.05) is 6.07 Å². The minimum Gasteiger partial charge on any atom is -0.496 e. The van der Waals surface area contributed by atoms with Gasteiger partial charge in [-0.15, -0.1) is 0 Å². The lowest BCUT2D eigenvalue weighted by molar-refractivity contribution is -0.141. The van der Waals surface area contributed by atoms with Crippen molar-refractivity contribution in [3.8, 4) is 11.5 Å². The van der Waals surface area contributed by atoms with Crippen molar-refractivity contribution in [3.05, 3.63) is 23.8 Å². The van der Waals surface area contributed by atoms with Gasteiger partial charge in [0.25, 0.3) is 0 Å². The third-order valence-electron chi connectivity index (χ3n) is 2.45. The number of benzene rings is 1. The second-order valence-corrected chi connectivity index (χ2v) is 3.46. The number of nitrogens with two attached hydrogens (primary N) is 1. The van der Waals surface area contributed by atoms with Crippen LogP contribution in [-0.2, 0) is 9.53 Å². The SMILES string of the molecule is COC(=O)C[C@H](N)c1c(OC)cccc1OC. The molecule has 0 aliphatic heterocycles. The number of hydrogen-bond donors (Lipinski definition) is 1. The van der Waals surface area contributed by atoms with Crippen LogP contribution >= 0.6 is 0 Å². The summed E-state index contributed by atoms with van der Waals surface area (Å²) in [6, 6.07) is 4.82. The van der Waals surface area contributed by atoms with E-state index in [2.05, 4.69) is 4.74 Å². The highest BCUT2D eigenvalue weighted by Crippen LogP contribution is 2.34. The Morgan fingerprint density at radius 1 is 1.24 bits per heavy atom. The predicted octanol–water partition coefficient (Wildman–Crippen LogP) is 1.27. The highest BCUT2D eigenvalue weighted by Gasteiger charge is 2.20. The van der Waals surface area contributed by atoms with Crippen LogP contribution in [0.5, 0.6) is 11.5 Å². The van der Waals surface area contributed by atoms with Crippen LogP contribution in [0.4, 0.5) is 0 Å². The number of carbonyl (C=O) groups excluding carboxylic acids is 1. The molecule has 94 valence electrons. The maximum Gasteiger partial charge on any atom is 0.307 e. The zero-order valence-electron chi connectivity index (χ0n) is 10.2. The average Bonchev–Trinajstić information content (AvgIpc) is 2.37. The Hall–Kier alpha value is -1.75. The molecule has 0 aliphatic rings. The monoisotopic (exact) mass is 239 g/mol. The molecule has 0 unspecified atom stereocenters. The molecular weight excluding hydrogens is 222 g/mol. The first-order valence-corrected chi connectivity index (χ1v) is 5.17. The summed E-state index contributed by atoms with van der Waals surface area (Å²) in [5.74, 6) is 0.826. The van der Waals surface area contributed by atoms with Crippen LogP contribution in [0.2, 0.25) is 0 Å². The number of esters is 1. The molecule has 5 nitrogen and oxygen atoms in total. The van der Waals surface area contributed by atoms with Crippen molar-refractivity contribution >= 4 is 5.97 Å². The molecule has 0 aliphatic carbocycles. The van der Waals surface area contributed by atoms with Gasteiger partial charge in [-0.25, -0.2) is 0 Å². The molecule has 0 radical (unpaired) electrons. The number of hydrogen-bond acceptors (Lipinski definition) is 5. The molecule has 0 fully saturated rings. The summed E-state index contributed by atoms with van der Waals surface area (Å²) >= 11 is 0. The summed E-state index contributed by atoms with van der Waals surface area (Å²) in [5.41, 5.74) is 6.63. The van der Waals surface area contributed by atoms with E-state index < -0.39 is 6.04 Å². The molecule has 0 amide bonds. The van der Waals surface area contributed by atoms with Gasteiger partial charge in [0.2, 0.25) is 0 Å². The Morgan fingerprint density at radius 2 is 1.76 bits per heavy atom. The summed E-state index contributed by atoms with van der Waals surface area (Å²) in [6.07, 6.45) is 0.0766. The fourth-order valence-corrected chi connectivity index (χ4v) is 1.61. The summed E-state index contributed by atoms with van der Waals surface area (Å²) in [7, 11) is 4.42. The molecule has 0 heterocycles. The van der Waals surface area contributed by atoms with Gasteiger partial charge in [0, 0.05) is 6.04 Å². The average molecular weight is 239 g/mol. The zero-order valence-corrected chi connectivity index (χ0v) is 10.2. The summed E-state index contributed by atoms with van der Waals surface area (Å²) in [6.45, 7) is 0. The van der Waals surface area contributed by atoms with Crippen molar-refractivity contribution < 1.29 is 19.0 Å². The lowest BCUT2D eigenvalue weighted by Crippen LogP contribution is -2.18. The minimum atomic E-state index is -0.520. The van der Waals surface area contributed by atoms with Gasteiger partial charge >= 0.3 is 5.97 Å². The molecule has 0 saturated carbocycles. The largest absolute Gasteiger partial charge is 0.496 e. The summed E-state index contributed by atoms with van der Waals surface area (Å²) in [4.78, 5) is 11.2. The van der Waals surface area contributed by atoms with Crippen LogP contribution in [0, 0.1) is 0 Å². The number of ether oxygens (including phenoxy) is 3. The Bertz CT molecular complexity index is 370. The van der Waals surface area contributed by atoms with E-state index in [1.54, 1.807) is 32.4 Å². The van der Waals surface area contributed by atoms with E-state index in [1.807, 2.05) is 0 Å². The molecule has 2 N–H and O–H groups in total. The molecule has 0 saturated heterocycles. The second kappa shape index (κ2) is 6.10. The molecule has 1 aromatic rings. The predicted molar refractivity (Wildman–Crippen MR) is 63.1 cm³/mol. The Labute approximate surface area is 100 Å². The summed E-state index contributed by atoms with van der Waals surface area (Å²) in [5, 5.41) is 0. The van der Waals surface area contributed by atoms with Crippen LogP contribution in [-0.4, -0.2) is 27.3 Å². The van der Waals surface area contributed by atoms with Crippen LogP contribution in [0.1, 0.15) is 18.0 Å². The molecular formula is C12H17NO4. The summed E-state index contributed by atoms with van der Waals surface area (Å²) < 4.78 is 15.0. The number of carbonyl (C=O) groups is 1. The van der Waals surface area contributed by atoms with Crippen molar-refractivity contribution in [2.24, 2.45) is 5.73 Å². The van der Waals surface area contributed by atoms with Gasteiger partial charge in [-0.2, -0.15) is 0 Å². The molecule has 1 aromatic carbocycles. The normalized spacial score (nSPS) is 11.8. The van der Waals surface area contributed by atoms with E-state index in [4.69, 9.17) is 15.2 Å². The van der Waals surface area contributed by atoms with E-state index in [9.17, 15) is 4.79 Å². The molecule has 0 spiro atoms. The fraction of sp³-hybridized carbons (Fsp3) is 0.417. The van der Waals surface area contributed by atoms with Gasteiger partial charge in [-0.05, 0) is 12.1 Å². The zero-order chi connectivity index (χ0) is 12.8. The van der Waals surface area contributed by atoms with Crippen LogP contribution in [0.3, 0.4) is 0 Å². The standard InChI is InChI=1S/C12H17NO4/c1-15-9-5-4-6-10(16-2)12(9)8(13)7-11(14)17-3/h4-6,8H,7,13H2,1-3H3/t8-/m0/s1. The van der Waals surface area contributed by atoms with Crippen LogP contribution < -0.4 is 15.2 Å². The quantitative estimate of drug-likeness (QED) is 0.783. The first kappa shape index (κ1) is 13.3. The van der Waals surface area contributed by atoms with E-state index in [0.717, 1.165) is 0 Å². The maximum absolute atomic E-state index is 11.2. The van der Waals surface area contributed by atoms with Crippen LogP contribution in [0.15, 0.2) is 18.2 Å². The molecule has 17 heavy (non-hydrogen) atoms. The second-order valence-electron chi connectivity index (χ2n) is 3.46. The third-order valence-corrected chi connectivity index (χ3v) is 2.45. The van der Waals surface area contributed by atoms with Gasteiger partial charge in [0.1, 0.15) is 11.5 Å². The fourth-order valence-electron chi connectivity index (χ4n) is 1.61. The Balaban J connectivity index is 3.04. The highest BCUT2D eigenvalue weighted by atomic mass is 16.5. The van der Waals surface area contributed by atoms with Crippen molar-refractivity contribution in [2.45, 2.75) is 12.5 Å². The first-order chi connectivity index (χ1) is 8.13. The van der Waals surface area contributed by atoms with E-state index in [-0.39, 0.29) is 12.4 Å². The molecule has 0 bridgehead atoms. The van der Waals surface area contributed by atoms with Gasteiger partial charge < -0.3 is 19.9 Å². The molecule has 5 heteroatoms. The highest BCUT2D eigenvalue weighted by molar-refractivity contribution is 5.70. The smallest absolute Gasteiger partial charge is 0.307 e. The van der Waals surface area contributed by atoms with E-state index in [0.29, 0.717) is 17.1 Å². The van der Waals surface area contributed by atoms with E-state index in [1.165, 1.54) is 7.11 Å². The minimum absolute atomic E-state index is 0.0766. The molecule has 0 aromatic heterocycles. The first-order valence-electron chi connectivity index (χ1n) is 5.17. The van der Waals surface area contributed by atoms with Crippen molar-refractivity contribution in [1.29, 1.82) is 0 Å². The lowest BCUT2D eigenvalue weighted by Gasteiger charge is -2.17. The Morgan fingerprint density at radius 3 is 2.18 bits per heavy atom. The third kappa shape index (κ3) is 3.10. The van der Waals surface area contributed by atoms with Gasteiger partial charge in [-0.3, -0.25) is 4.79 Å².